The zero-order valence-corrected chi connectivity index (χ0v) is 15.6. The lowest BCUT2D eigenvalue weighted by atomic mass is 10.2. The van der Waals surface area contributed by atoms with E-state index < -0.39 is 0 Å². The van der Waals surface area contributed by atoms with Crippen molar-refractivity contribution in [2.24, 2.45) is 0 Å². The van der Waals surface area contributed by atoms with Crippen molar-refractivity contribution < 1.29 is 19.1 Å². The van der Waals surface area contributed by atoms with Crippen LogP contribution in [-0.2, 0) is 9.53 Å². The molecule has 26 heavy (non-hydrogen) atoms. The van der Waals surface area contributed by atoms with E-state index >= 15 is 0 Å². The number of halogens is 1. The van der Waals surface area contributed by atoms with Crippen LogP contribution in [0.25, 0.3) is 0 Å². The SMILES string of the molecule is COC(=O)c1ccc(NCCC(=O)Nc2cc(C)c(Cl)cc2OC)cc1. The molecule has 0 aromatic heterocycles. The summed E-state index contributed by atoms with van der Waals surface area (Å²) < 4.78 is 9.89. The number of aryl methyl sites for hydroxylation is 1. The quantitative estimate of drug-likeness (QED) is 0.717. The molecule has 138 valence electrons. The Bertz CT molecular complexity index is 791. The highest BCUT2D eigenvalue weighted by molar-refractivity contribution is 6.31. The summed E-state index contributed by atoms with van der Waals surface area (Å²) in [6, 6.07) is 10.3. The maximum atomic E-state index is 12.1. The van der Waals surface area contributed by atoms with Crippen LogP contribution in [0.15, 0.2) is 36.4 Å². The van der Waals surface area contributed by atoms with E-state index in [4.69, 9.17) is 16.3 Å². The van der Waals surface area contributed by atoms with Gasteiger partial charge in [-0.05, 0) is 42.8 Å². The minimum absolute atomic E-state index is 0.149. The molecule has 0 aliphatic heterocycles. The molecule has 2 aromatic carbocycles. The molecule has 2 N–H and O–H groups in total. The van der Waals surface area contributed by atoms with Gasteiger partial charge in [-0.1, -0.05) is 11.6 Å². The Morgan fingerprint density at radius 1 is 1.12 bits per heavy atom. The van der Waals surface area contributed by atoms with Crippen molar-refractivity contribution in [2.45, 2.75) is 13.3 Å². The van der Waals surface area contributed by atoms with Gasteiger partial charge < -0.3 is 20.1 Å². The number of methoxy groups -OCH3 is 2. The number of anilines is 2. The highest BCUT2D eigenvalue weighted by atomic mass is 35.5. The molecule has 0 fully saturated rings. The fourth-order valence-corrected chi connectivity index (χ4v) is 2.46. The van der Waals surface area contributed by atoms with Gasteiger partial charge in [-0.3, -0.25) is 4.79 Å². The topological polar surface area (TPSA) is 76.7 Å². The molecule has 0 saturated heterocycles. The number of hydrogen-bond donors (Lipinski definition) is 2. The van der Waals surface area contributed by atoms with Gasteiger partial charge in [0.15, 0.2) is 0 Å². The van der Waals surface area contributed by atoms with Gasteiger partial charge in [0.1, 0.15) is 5.75 Å². The van der Waals surface area contributed by atoms with Crippen LogP contribution in [0, 0.1) is 6.92 Å². The number of carbonyl (C=O) groups excluding carboxylic acids is 2. The van der Waals surface area contributed by atoms with E-state index in [9.17, 15) is 9.59 Å². The molecule has 2 rings (SSSR count). The van der Waals surface area contributed by atoms with E-state index in [1.807, 2.05) is 6.92 Å². The number of carbonyl (C=O) groups is 2. The van der Waals surface area contributed by atoms with Gasteiger partial charge in [-0.15, -0.1) is 0 Å². The van der Waals surface area contributed by atoms with Gasteiger partial charge in [-0.25, -0.2) is 4.79 Å². The van der Waals surface area contributed by atoms with Gasteiger partial charge in [0.2, 0.25) is 5.91 Å². The fraction of sp³-hybridized carbons (Fsp3) is 0.263. The molecule has 0 aliphatic rings. The standard InChI is InChI=1S/C19H21ClN2O4/c1-12-10-16(17(25-2)11-15(12)20)22-18(23)8-9-21-14-6-4-13(5-7-14)19(24)26-3/h4-7,10-11,21H,8-9H2,1-3H3,(H,22,23). The largest absolute Gasteiger partial charge is 0.495 e. The van der Waals surface area contributed by atoms with Crippen LogP contribution in [0.1, 0.15) is 22.3 Å². The Hall–Kier alpha value is -2.73. The average molecular weight is 377 g/mol. The first kappa shape index (κ1) is 19.6. The second-order valence-corrected chi connectivity index (χ2v) is 6.00. The lowest BCUT2D eigenvalue weighted by Gasteiger charge is -2.12. The predicted octanol–water partition coefficient (Wildman–Crippen LogP) is 3.88. The normalized spacial score (nSPS) is 10.2. The minimum atomic E-state index is -0.386. The second kappa shape index (κ2) is 9.10. The summed E-state index contributed by atoms with van der Waals surface area (Å²) in [6.45, 7) is 2.30. The molecule has 2 aromatic rings. The summed E-state index contributed by atoms with van der Waals surface area (Å²) >= 11 is 6.06. The van der Waals surface area contributed by atoms with Crippen molar-refractivity contribution in [3.05, 3.63) is 52.5 Å². The van der Waals surface area contributed by atoms with Crippen LogP contribution in [-0.4, -0.2) is 32.6 Å². The number of nitrogens with one attached hydrogen (secondary N) is 2. The molecular formula is C19H21ClN2O4. The summed E-state index contributed by atoms with van der Waals surface area (Å²) in [4.78, 5) is 23.5. The van der Waals surface area contributed by atoms with Crippen LogP contribution in [0.3, 0.4) is 0 Å². The first-order valence-electron chi connectivity index (χ1n) is 8.01. The monoisotopic (exact) mass is 376 g/mol. The Kier molecular flexibility index (Phi) is 6.86. The zero-order chi connectivity index (χ0) is 19.1. The summed E-state index contributed by atoms with van der Waals surface area (Å²) in [6.07, 6.45) is 0.267. The maximum Gasteiger partial charge on any atom is 0.337 e. The van der Waals surface area contributed by atoms with Gasteiger partial charge in [-0.2, -0.15) is 0 Å². The van der Waals surface area contributed by atoms with E-state index in [1.165, 1.54) is 14.2 Å². The van der Waals surface area contributed by atoms with Crippen molar-refractivity contribution >= 4 is 34.9 Å². The van der Waals surface area contributed by atoms with Crippen LogP contribution < -0.4 is 15.4 Å². The highest BCUT2D eigenvalue weighted by Gasteiger charge is 2.10. The predicted molar refractivity (Wildman–Crippen MR) is 102 cm³/mol. The molecular weight excluding hydrogens is 356 g/mol. The number of benzene rings is 2. The molecule has 0 atom stereocenters. The maximum absolute atomic E-state index is 12.1. The molecule has 0 unspecified atom stereocenters. The summed E-state index contributed by atoms with van der Waals surface area (Å²) in [5.74, 6) is -0.0212. The third-order valence-corrected chi connectivity index (χ3v) is 4.15. The van der Waals surface area contributed by atoms with E-state index in [-0.39, 0.29) is 18.3 Å². The first-order valence-corrected chi connectivity index (χ1v) is 8.38. The number of esters is 1. The van der Waals surface area contributed by atoms with Crippen LogP contribution in [0.2, 0.25) is 5.02 Å². The summed E-state index contributed by atoms with van der Waals surface area (Å²) in [5.41, 5.74) is 2.72. The van der Waals surface area contributed by atoms with Crippen molar-refractivity contribution in [2.75, 3.05) is 31.4 Å². The van der Waals surface area contributed by atoms with Gasteiger partial charge in [0, 0.05) is 29.7 Å². The lowest BCUT2D eigenvalue weighted by molar-refractivity contribution is -0.116. The van der Waals surface area contributed by atoms with Crippen LogP contribution in [0.5, 0.6) is 5.75 Å². The van der Waals surface area contributed by atoms with Crippen molar-refractivity contribution in [3.63, 3.8) is 0 Å². The highest BCUT2D eigenvalue weighted by Crippen LogP contribution is 2.30. The molecule has 6 nitrogen and oxygen atoms in total. The van der Waals surface area contributed by atoms with E-state index in [2.05, 4.69) is 15.4 Å². The lowest BCUT2D eigenvalue weighted by Crippen LogP contribution is -2.17. The zero-order valence-electron chi connectivity index (χ0n) is 14.9. The van der Waals surface area contributed by atoms with E-state index in [0.29, 0.717) is 28.6 Å². The van der Waals surface area contributed by atoms with E-state index in [1.54, 1.807) is 36.4 Å². The minimum Gasteiger partial charge on any atom is -0.495 e. The average Bonchev–Trinajstić information content (AvgIpc) is 2.64. The van der Waals surface area contributed by atoms with Gasteiger partial charge >= 0.3 is 5.97 Å². The van der Waals surface area contributed by atoms with Gasteiger partial charge in [0.05, 0.1) is 25.5 Å². The third kappa shape index (κ3) is 5.13. The van der Waals surface area contributed by atoms with Gasteiger partial charge in [0.25, 0.3) is 0 Å². The molecule has 0 bridgehead atoms. The number of hydrogen-bond acceptors (Lipinski definition) is 5. The summed E-state index contributed by atoms with van der Waals surface area (Å²) in [5, 5.41) is 6.53. The Labute approximate surface area is 157 Å². The molecule has 0 radical (unpaired) electrons. The van der Waals surface area contributed by atoms with Crippen LogP contribution in [0.4, 0.5) is 11.4 Å². The van der Waals surface area contributed by atoms with Crippen molar-refractivity contribution in [1.82, 2.24) is 0 Å². The molecule has 0 spiro atoms. The third-order valence-electron chi connectivity index (χ3n) is 3.74. The Balaban J connectivity index is 1.88. The molecule has 0 saturated carbocycles. The summed E-state index contributed by atoms with van der Waals surface area (Å²) in [7, 11) is 2.86. The fourth-order valence-electron chi connectivity index (χ4n) is 2.30. The smallest absolute Gasteiger partial charge is 0.337 e. The molecule has 0 aliphatic carbocycles. The number of rotatable bonds is 7. The van der Waals surface area contributed by atoms with Crippen LogP contribution >= 0.6 is 11.6 Å². The molecule has 0 heterocycles. The Morgan fingerprint density at radius 2 is 1.81 bits per heavy atom. The first-order chi connectivity index (χ1) is 12.4. The van der Waals surface area contributed by atoms with Crippen molar-refractivity contribution in [3.8, 4) is 5.75 Å². The molecule has 7 heteroatoms. The Morgan fingerprint density at radius 3 is 2.42 bits per heavy atom. The second-order valence-electron chi connectivity index (χ2n) is 5.60. The molecule has 1 amide bonds. The van der Waals surface area contributed by atoms with Crippen molar-refractivity contribution in [1.29, 1.82) is 0 Å². The number of amides is 1. The number of ether oxygens (including phenoxy) is 2. The van der Waals surface area contributed by atoms with E-state index in [0.717, 1.165) is 11.3 Å².